The summed E-state index contributed by atoms with van der Waals surface area (Å²) in [6.07, 6.45) is 1.27. The van der Waals surface area contributed by atoms with E-state index in [-0.39, 0.29) is 17.3 Å². The number of ether oxygens (including phenoxy) is 2. The van der Waals surface area contributed by atoms with E-state index in [0.29, 0.717) is 28.2 Å². The molecular weight excluding hydrogens is 370 g/mol. The highest BCUT2D eigenvalue weighted by Crippen LogP contribution is 2.32. The van der Waals surface area contributed by atoms with E-state index in [1.54, 1.807) is 62.4 Å². The molecule has 0 aliphatic heterocycles. The van der Waals surface area contributed by atoms with Crippen LogP contribution in [0.2, 0.25) is 0 Å². The van der Waals surface area contributed by atoms with E-state index in [1.165, 1.54) is 12.4 Å². The van der Waals surface area contributed by atoms with Crippen molar-refractivity contribution >= 4 is 11.5 Å². The van der Waals surface area contributed by atoms with Gasteiger partial charge in [-0.2, -0.15) is 5.26 Å². The number of carboxylic acids is 1. The van der Waals surface area contributed by atoms with Crippen molar-refractivity contribution in [2.24, 2.45) is 0 Å². The maximum Gasteiger partial charge on any atom is 0.336 e. The van der Waals surface area contributed by atoms with Gasteiger partial charge in [0.2, 0.25) is 11.8 Å². The number of allylic oxidation sites excluding steroid dienone is 1. The first-order chi connectivity index (χ1) is 14.0. The zero-order valence-corrected chi connectivity index (χ0v) is 15.8. The molecule has 0 bridgehead atoms. The molecule has 0 saturated heterocycles. The minimum absolute atomic E-state index is 0.161. The number of aromatic nitrogens is 2. The number of hydrogen-bond donors (Lipinski definition) is 1. The highest BCUT2D eigenvalue weighted by molar-refractivity contribution is 6.17. The number of carboxylic acid groups (broad SMARTS) is 1. The van der Waals surface area contributed by atoms with Crippen LogP contribution in [0.3, 0.4) is 0 Å². The molecule has 0 unspecified atom stereocenters. The standard InChI is InChI=1S/C22H17N3O4/c1-14(2)21(22(26)27)16-8-4-6-10-18(16)29-20-11-19(24-13-25-20)28-17-9-5-3-7-15(17)12-23/h3-11,13H,1-2H3,(H,26,27). The number of nitriles is 1. The topological polar surface area (TPSA) is 105 Å². The van der Waals surface area contributed by atoms with Gasteiger partial charge in [-0.25, -0.2) is 14.8 Å². The fourth-order valence-corrected chi connectivity index (χ4v) is 2.67. The molecule has 1 N–H and O–H groups in total. The Hall–Kier alpha value is -4.18. The fourth-order valence-electron chi connectivity index (χ4n) is 2.67. The van der Waals surface area contributed by atoms with Gasteiger partial charge in [-0.05, 0) is 32.0 Å². The van der Waals surface area contributed by atoms with Crippen LogP contribution in [0.15, 0.2) is 66.5 Å². The van der Waals surface area contributed by atoms with E-state index < -0.39 is 5.97 Å². The van der Waals surface area contributed by atoms with E-state index in [4.69, 9.17) is 9.47 Å². The number of carbonyl (C=O) groups is 1. The van der Waals surface area contributed by atoms with Crippen LogP contribution in [0.25, 0.3) is 5.57 Å². The summed E-state index contributed by atoms with van der Waals surface area (Å²) < 4.78 is 11.5. The molecule has 29 heavy (non-hydrogen) atoms. The van der Waals surface area contributed by atoms with E-state index in [9.17, 15) is 15.2 Å². The second-order valence-corrected chi connectivity index (χ2v) is 6.18. The lowest BCUT2D eigenvalue weighted by Crippen LogP contribution is -2.04. The molecule has 0 saturated carbocycles. The van der Waals surface area contributed by atoms with Crippen molar-refractivity contribution in [3.05, 3.63) is 77.6 Å². The zero-order chi connectivity index (χ0) is 20.8. The summed E-state index contributed by atoms with van der Waals surface area (Å²) >= 11 is 0. The second-order valence-electron chi connectivity index (χ2n) is 6.18. The molecule has 2 aromatic carbocycles. The summed E-state index contributed by atoms with van der Waals surface area (Å²) in [6, 6.07) is 17.1. The van der Waals surface area contributed by atoms with Crippen molar-refractivity contribution in [2.45, 2.75) is 13.8 Å². The summed E-state index contributed by atoms with van der Waals surface area (Å²) in [4.78, 5) is 19.8. The molecule has 0 spiro atoms. The first-order valence-corrected chi connectivity index (χ1v) is 8.66. The molecule has 1 heterocycles. The summed E-state index contributed by atoms with van der Waals surface area (Å²) in [5.74, 6) is 0.0260. The number of aliphatic carboxylic acids is 1. The Bertz CT molecular complexity index is 1130. The van der Waals surface area contributed by atoms with Crippen LogP contribution in [0, 0.1) is 11.3 Å². The SMILES string of the molecule is CC(C)=C(C(=O)O)c1ccccc1Oc1cc(Oc2ccccc2C#N)ncn1. The van der Waals surface area contributed by atoms with Crippen LogP contribution in [0.5, 0.6) is 23.3 Å². The first-order valence-electron chi connectivity index (χ1n) is 8.66. The van der Waals surface area contributed by atoms with Crippen molar-refractivity contribution < 1.29 is 19.4 Å². The molecule has 7 nitrogen and oxygen atoms in total. The number of hydrogen-bond acceptors (Lipinski definition) is 6. The zero-order valence-electron chi connectivity index (χ0n) is 15.8. The van der Waals surface area contributed by atoms with Gasteiger partial charge in [-0.1, -0.05) is 35.9 Å². The van der Waals surface area contributed by atoms with Gasteiger partial charge in [0.15, 0.2) is 0 Å². The Morgan fingerprint density at radius 2 is 1.55 bits per heavy atom. The van der Waals surface area contributed by atoms with Crippen molar-refractivity contribution in [2.75, 3.05) is 0 Å². The van der Waals surface area contributed by atoms with Crippen LogP contribution in [-0.2, 0) is 4.79 Å². The second kappa shape index (κ2) is 8.67. The molecule has 1 aromatic heterocycles. The van der Waals surface area contributed by atoms with Crippen LogP contribution in [0.4, 0.5) is 0 Å². The Morgan fingerprint density at radius 1 is 0.966 bits per heavy atom. The van der Waals surface area contributed by atoms with E-state index in [0.717, 1.165) is 0 Å². The van der Waals surface area contributed by atoms with Crippen LogP contribution >= 0.6 is 0 Å². The number of nitrogens with zero attached hydrogens (tertiary/aromatic N) is 3. The third-order valence-corrected chi connectivity index (χ3v) is 3.92. The highest BCUT2D eigenvalue weighted by atomic mass is 16.5. The van der Waals surface area contributed by atoms with Crippen LogP contribution in [0.1, 0.15) is 25.0 Å². The summed E-state index contributed by atoms with van der Waals surface area (Å²) in [5, 5.41) is 18.7. The predicted molar refractivity (Wildman–Crippen MR) is 106 cm³/mol. The Balaban J connectivity index is 1.92. The van der Waals surface area contributed by atoms with E-state index in [1.807, 2.05) is 0 Å². The number of para-hydroxylation sites is 2. The molecule has 144 valence electrons. The van der Waals surface area contributed by atoms with Gasteiger partial charge in [0.1, 0.15) is 23.9 Å². The maximum absolute atomic E-state index is 11.7. The lowest BCUT2D eigenvalue weighted by atomic mass is 10.0. The lowest BCUT2D eigenvalue weighted by molar-refractivity contribution is -0.130. The van der Waals surface area contributed by atoms with Crippen molar-refractivity contribution in [3.8, 4) is 29.3 Å². The molecule has 3 aromatic rings. The van der Waals surface area contributed by atoms with Crippen molar-refractivity contribution in [3.63, 3.8) is 0 Å². The fraction of sp³-hybridized carbons (Fsp3) is 0.0909. The van der Waals surface area contributed by atoms with Crippen LogP contribution < -0.4 is 9.47 Å². The van der Waals surface area contributed by atoms with Gasteiger partial charge < -0.3 is 14.6 Å². The molecule has 0 radical (unpaired) electrons. The normalized spacial score (nSPS) is 9.97. The van der Waals surface area contributed by atoms with Gasteiger partial charge >= 0.3 is 5.97 Å². The average molecular weight is 387 g/mol. The first kappa shape index (κ1) is 19.6. The highest BCUT2D eigenvalue weighted by Gasteiger charge is 2.18. The lowest BCUT2D eigenvalue weighted by Gasteiger charge is -2.13. The molecule has 0 aliphatic carbocycles. The van der Waals surface area contributed by atoms with E-state index in [2.05, 4.69) is 16.0 Å². The predicted octanol–water partition coefficient (Wildman–Crippen LogP) is 4.81. The van der Waals surface area contributed by atoms with Gasteiger partial charge in [0.05, 0.1) is 17.2 Å². The Labute approximate surface area is 167 Å². The minimum atomic E-state index is -1.04. The maximum atomic E-state index is 11.7. The smallest absolute Gasteiger partial charge is 0.336 e. The van der Waals surface area contributed by atoms with Crippen molar-refractivity contribution in [1.29, 1.82) is 5.26 Å². The molecule has 0 amide bonds. The third-order valence-electron chi connectivity index (χ3n) is 3.92. The number of rotatable bonds is 6. The van der Waals surface area contributed by atoms with Gasteiger partial charge in [0.25, 0.3) is 0 Å². The summed E-state index contributed by atoms with van der Waals surface area (Å²) in [6.45, 7) is 3.45. The molecule has 0 aliphatic rings. The molecule has 3 rings (SSSR count). The van der Waals surface area contributed by atoms with Gasteiger partial charge in [-0.3, -0.25) is 0 Å². The Kier molecular flexibility index (Phi) is 5.85. The van der Waals surface area contributed by atoms with Crippen molar-refractivity contribution in [1.82, 2.24) is 9.97 Å². The summed E-state index contributed by atoms with van der Waals surface area (Å²) in [7, 11) is 0. The number of benzene rings is 2. The molecular formula is C22H17N3O4. The van der Waals surface area contributed by atoms with Gasteiger partial charge in [0, 0.05) is 5.56 Å². The van der Waals surface area contributed by atoms with Crippen LogP contribution in [-0.4, -0.2) is 21.0 Å². The van der Waals surface area contributed by atoms with E-state index >= 15 is 0 Å². The quantitative estimate of drug-likeness (QED) is 0.605. The molecule has 7 heteroatoms. The average Bonchev–Trinajstić information content (AvgIpc) is 2.69. The molecule has 0 fully saturated rings. The third kappa shape index (κ3) is 4.57. The summed E-state index contributed by atoms with van der Waals surface area (Å²) in [5.41, 5.74) is 1.62. The largest absolute Gasteiger partial charge is 0.478 e. The monoisotopic (exact) mass is 387 g/mol. The Morgan fingerprint density at radius 3 is 2.17 bits per heavy atom. The van der Waals surface area contributed by atoms with Gasteiger partial charge in [-0.15, -0.1) is 0 Å². The minimum Gasteiger partial charge on any atom is -0.478 e. The molecule has 0 atom stereocenters.